The van der Waals surface area contributed by atoms with Crippen molar-refractivity contribution >= 4 is 11.8 Å². The monoisotopic (exact) mass is 395 g/mol. The van der Waals surface area contributed by atoms with Crippen molar-refractivity contribution in [3.8, 4) is 17.1 Å². The van der Waals surface area contributed by atoms with E-state index in [1.54, 1.807) is 0 Å². The van der Waals surface area contributed by atoms with Gasteiger partial charge in [-0.25, -0.2) is 0 Å². The number of rotatable bonds is 9. The Morgan fingerprint density at radius 1 is 1.14 bits per heavy atom. The standard InChI is InChI=1S/C22H25N3O2S/c1-4-10-25-21(18-8-6-5-7-9-18)23-24-22(25)28-15-19(26)14-27-20-12-16(2)11-17(3)13-20/h4-9,11-13,19,26H,1,10,14-15H2,2-3H3/t19-/m0/s1. The van der Waals surface area contributed by atoms with E-state index in [1.807, 2.05) is 67.0 Å². The molecule has 0 unspecified atom stereocenters. The second-order valence-electron chi connectivity index (χ2n) is 6.67. The first-order chi connectivity index (χ1) is 13.6. The third kappa shape index (κ3) is 5.24. The molecular formula is C22H25N3O2S. The van der Waals surface area contributed by atoms with Crippen LogP contribution in [0.3, 0.4) is 0 Å². The van der Waals surface area contributed by atoms with Crippen molar-refractivity contribution in [1.82, 2.24) is 14.8 Å². The summed E-state index contributed by atoms with van der Waals surface area (Å²) in [6, 6.07) is 16.0. The van der Waals surface area contributed by atoms with Crippen LogP contribution in [0.1, 0.15) is 11.1 Å². The maximum absolute atomic E-state index is 10.3. The molecule has 0 fully saturated rings. The van der Waals surface area contributed by atoms with Gasteiger partial charge in [0.2, 0.25) is 0 Å². The largest absolute Gasteiger partial charge is 0.491 e. The number of allylic oxidation sites excluding steroid dienone is 1. The topological polar surface area (TPSA) is 60.2 Å². The number of benzene rings is 2. The van der Waals surface area contributed by atoms with Crippen LogP contribution in [0.25, 0.3) is 11.4 Å². The molecule has 28 heavy (non-hydrogen) atoms. The summed E-state index contributed by atoms with van der Waals surface area (Å²) in [6.45, 7) is 8.73. The van der Waals surface area contributed by atoms with Crippen LogP contribution < -0.4 is 4.74 Å². The Bertz CT molecular complexity index is 905. The predicted octanol–water partition coefficient (Wildman–Crippen LogP) is 4.28. The fraction of sp³-hybridized carbons (Fsp3) is 0.273. The van der Waals surface area contributed by atoms with Gasteiger partial charge >= 0.3 is 0 Å². The van der Waals surface area contributed by atoms with Crippen LogP contribution in [-0.4, -0.2) is 38.3 Å². The molecule has 3 rings (SSSR count). The predicted molar refractivity (Wildman–Crippen MR) is 114 cm³/mol. The molecule has 3 aromatic rings. The lowest BCUT2D eigenvalue weighted by Crippen LogP contribution is -2.20. The SMILES string of the molecule is C=CCn1c(SC[C@@H](O)COc2cc(C)cc(C)c2)nnc1-c1ccccc1. The molecule has 1 N–H and O–H groups in total. The zero-order valence-electron chi connectivity index (χ0n) is 16.2. The minimum Gasteiger partial charge on any atom is -0.491 e. The molecule has 2 aromatic carbocycles. The Morgan fingerprint density at radius 2 is 1.86 bits per heavy atom. The smallest absolute Gasteiger partial charge is 0.191 e. The van der Waals surface area contributed by atoms with Gasteiger partial charge in [-0.3, -0.25) is 4.57 Å². The fourth-order valence-electron chi connectivity index (χ4n) is 2.92. The Hall–Kier alpha value is -2.57. The van der Waals surface area contributed by atoms with Gasteiger partial charge in [0, 0.05) is 17.9 Å². The summed E-state index contributed by atoms with van der Waals surface area (Å²) in [7, 11) is 0. The summed E-state index contributed by atoms with van der Waals surface area (Å²) in [5.41, 5.74) is 3.29. The zero-order chi connectivity index (χ0) is 19.9. The molecule has 0 spiro atoms. The van der Waals surface area contributed by atoms with Gasteiger partial charge in [-0.05, 0) is 37.1 Å². The highest BCUT2D eigenvalue weighted by molar-refractivity contribution is 7.99. The molecule has 1 atom stereocenters. The van der Waals surface area contributed by atoms with E-state index in [0.717, 1.165) is 33.4 Å². The maximum atomic E-state index is 10.3. The number of aliphatic hydroxyl groups is 1. The molecule has 0 amide bonds. The Morgan fingerprint density at radius 3 is 2.54 bits per heavy atom. The molecule has 0 aliphatic heterocycles. The zero-order valence-corrected chi connectivity index (χ0v) is 17.0. The maximum Gasteiger partial charge on any atom is 0.191 e. The molecule has 0 saturated carbocycles. The minimum atomic E-state index is -0.611. The molecular weight excluding hydrogens is 370 g/mol. The van der Waals surface area contributed by atoms with Gasteiger partial charge in [0.05, 0.1) is 6.10 Å². The van der Waals surface area contributed by atoms with Gasteiger partial charge in [-0.15, -0.1) is 16.8 Å². The van der Waals surface area contributed by atoms with Crippen LogP contribution in [0.4, 0.5) is 0 Å². The van der Waals surface area contributed by atoms with Gasteiger partial charge < -0.3 is 9.84 Å². The Kier molecular flexibility index (Phi) is 6.90. The number of hydrogen-bond acceptors (Lipinski definition) is 5. The summed E-state index contributed by atoms with van der Waals surface area (Å²) in [6.07, 6.45) is 1.21. The summed E-state index contributed by atoms with van der Waals surface area (Å²) < 4.78 is 7.75. The third-order valence-electron chi connectivity index (χ3n) is 4.10. The van der Waals surface area contributed by atoms with Crippen LogP contribution in [0, 0.1) is 13.8 Å². The quantitative estimate of drug-likeness (QED) is 0.433. The van der Waals surface area contributed by atoms with Crippen LogP contribution in [-0.2, 0) is 6.54 Å². The van der Waals surface area contributed by atoms with Crippen molar-refractivity contribution < 1.29 is 9.84 Å². The number of ether oxygens (including phenoxy) is 1. The number of aliphatic hydroxyl groups excluding tert-OH is 1. The van der Waals surface area contributed by atoms with Crippen molar-refractivity contribution in [3.63, 3.8) is 0 Å². The molecule has 5 nitrogen and oxygen atoms in total. The fourth-order valence-corrected chi connectivity index (χ4v) is 3.77. The highest BCUT2D eigenvalue weighted by Crippen LogP contribution is 2.24. The number of aromatic nitrogens is 3. The van der Waals surface area contributed by atoms with Gasteiger partial charge in [0.15, 0.2) is 11.0 Å². The molecule has 1 heterocycles. The first-order valence-electron chi connectivity index (χ1n) is 9.18. The molecule has 0 aliphatic carbocycles. The first kappa shape index (κ1) is 20.2. The highest BCUT2D eigenvalue weighted by atomic mass is 32.2. The van der Waals surface area contributed by atoms with Gasteiger partial charge in [-0.1, -0.05) is 54.2 Å². The van der Waals surface area contributed by atoms with E-state index in [0.29, 0.717) is 12.3 Å². The second-order valence-corrected chi connectivity index (χ2v) is 7.66. The lowest BCUT2D eigenvalue weighted by atomic mass is 10.1. The van der Waals surface area contributed by atoms with E-state index >= 15 is 0 Å². The van der Waals surface area contributed by atoms with Crippen LogP contribution >= 0.6 is 11.8 Å². The Labute approximate surface area is 170 Å². The van der Waals surface area contributed by atoms with Crippen molar-refractivity contribution in [1.29, 1.82) is 0 Å². The van der Waals surface area contributed by atoms with Crippen LogP contribution in [0.5, 0.6) is 5.75 Å². The van der Waals surface area contributed by atoms with Gasteiger partial charge in [-0.2, -0.15) is 0 Å². The van der Waals surface area contributed by atoms with E-state index in [-0.39, 0.29) is 6.61 Å². The van der Waals surface area contributed by atoms with E-state index < -0.39 is 6.10 Å². The summed E-state index contributed by atoms with van der Waals surface area (Å²) in [4.78, 5) is 0. The third-order valence-corrected chi connectivity index (χ3v) is 5.21. The summed E-state index contributed by atoms with van der Waals surface area (Å²) in [5, 5.41) is 19.7. The van der Waals surface area contributed by atoms with Crippen molar-refractivity contribution in [3.05, 3.63) is 72.3 Å². The number of thioether (sulfide) groups is 1. The van der Waals surface area contributed by atoms with Crippen LogP contribution in [0.15, 0.2) is 66.3 Å². The van der Waals surface area contributed by atoms with Crippen LogP contribution in [0.2, 0.25) is 0 Å². The van der Waals surface area contributed by atoms with Gasteiger partial charge in [0.1, 0.15) is 12.4 Å². The van der Waals surface area contributed by atoms with Crippen molar-refractivity contribution in [2.45, 2.75) is 31.7 Å². The average Bonchev–Trinajstić information content (AvgIpc) is 3.08. The van der Waals surface area contributed by atoms with E-state index in [4.69, 9.17) is 4.74 Å². The molecule has 0 saturated heterocycles. The summed E-state index contributed by atoms with van der Waals surface area (Å²) in [5.74, 6) is 2.04. The van der Waals surface area contributed by atoms with Crippen molar-refractivity contribution in [2.24, 2.45) is 0 Å². The number of hydrogen-bond donors (Lipinski definition) is 1. The highest BCUT2D eigenvalue weighted by Gasteiger charge is 2.15. The number of aryl methyl sites for hydroxylation is 2. The van der Waals surface area contributed by atoms with E-state index in [9.17, 15) is 5.11 Å². The van der Waals surface area contributed by atoms with Gasteiger partial charge in [0.25, 0.3) is 0 Å². The molecule has 6 heteroatoms. The summed E-state index contributed by atoms with van der Waals surface area (Å²) >= 11 is 1.46. The van der Waals surface area contributed by atoms with Crippen molar-refractivity contribution in [2.75, 3.05) is 12.4 Å². The first-order valence-corrected chi connectivity index (χ1v) is 10.2. The minimum absolute atomic E-state index is 0.233. The number of nitrogens with zero attached hydrogens (tertiary/aromatic N) is 3. The lowest BCUT2D eigenvalue weighted by molar-refractivity contribution is 0.126. The van der Waals surface area contributed by atoms with E-state index in [2.05, 4.69) is 22.8 Å². The average molecular weight is 396 g/mol. The molecule has 0 bridgehead atoms. The molecule has 0 radical (unpaired) electrons. The van der Waals surface area contributed by atoms with E-state index in [1.165, 1.54) is 11.8 Å². The lowest BCUT2D eigenvalue weighted by Gasteiger charge is -2.13. The Balaban J connectivity index is 1.62. The second kappa shape index (κ2) is 9.57. The molecule has 0 aliphatic rings. The normalized spacial score (nSPS) is 12.0. The molecule has 1 aromatic heterocycles. The molecule has 146 valence electrons.